The van der Waals surface area contributed by atoms with E-state index in [4.69, 9.17) is 5.73 Å². The number of halogens is 2. The van der Waals surface area contributed by atoms with Gasteiger partial charge in [-0.3, -0.25) is 4.21 Å². The Kier molecular flexibility index (Phi) is 3.95. The molecule has 2 rings (SSSR count). The normalized spacial score (nSPS) is 12.4. The molecule has 1 atom stereocenters. The van der Waals surface area contributed by atoms with E-state index in [1.165, 1.54) is 6.07 Å². The molecule has 0 bridgehead atoms. The van der Waals surface area contributed by atoms with Crippen molar-refractivity contribution in [2.45, 2.75) is 17.6 Å². The predicted molar refractivity (Wildman–Crippen MR) is 72.1 cm³/mol. The number of hydrogen-bond donors (Lipinski definition) is 1. The standard InChI is InChI=1S/C14H13F2NOS/c1-9-2-4-11(17)7-14(9)19(18)8-10-3-5-12(15)13(16)6-10/h2-7H,8,17H2,1H3. The third-order valence-corrected chi connectivity index (χ3v) is 4.27. The molecule has 2 aromatic rings. The minimum atomic E-state index is -1.34. The lowest BCUT2D eigenvalue weighted by Crippen LogP contribution is -2.01. The number of hydrogen-bond acceptors (Lipinski definition) is 2. The highest BCUT2D eigenvalue weighted by Crippen LogP contribution is 2.20. The molecule has 0 heterocycles. The first kappa shape index (κ1) is 13.7. The molecular weight excluding hydrogens is 268 g/mol. The van der Waals surface area contributed by atoms with Crippen molar-refractivity contribution in [2.75, 3.05) is 5.73 Å². The van der Waals surface area contributed by atoms with Gasteiger partial charge in [0.2, 0.25) is 0 Å². The number of anilines is 1. The Labute approximate surface area is 112 Å². The van der Waals surface area contributed by atoms with E-state index in [2.05, 4.69) is 0 Å². The molecule has 0 fully saturated rings. The molecule has 5 heteroatoms. The van der Waals surface area contributed by atoms with Gasteiger partial charge in [0.15, 0.2) is 11.6 Å². The summed E-state index contributed by atoms with van der Waals surface area (Å²) >= 11 is 0. The number of rotatable bonds is 3. The highest BCUT2D eigenvalue weighted by molar-refractivity contribution is 7.84. The number of nitrogen functional groups attached to an aromatic ring is 1. The van der Waals surface area contributed by atoms with Gasteiger partial charge in [0.1, 0.15) is 0 Å². The molecule has 2 nitrogen and oxygen atoms in total. The summed E-state index contributed by atoms with van der Waals surface area (Å²) in [5.41, 5.74) is 7.53. The lowest BCUT2D eigenvalue weighted by molar-refractivity contribution is 0.507. The highest BCUT2D eigenvalue weighted by Gasteiger charge is 2.10. The highest BCUT2D eigenvalue weighted by atomic mass is 32.2. The molecular formula is C14H13F2NOS. The van der Waals surface area contributed by atoms with Crippen LogP contribution >= 0.6 is 0 Å². The summed E-state index contributed by atoms with van der Waals surface area (Å²) in [6, 6.07) is 8.69. The predicted octanol–water partition coefficient (Wildman–Crippen LogP) is 3.16. The van der Waals surface area contributed by atoms with Crippen molar-refractivity contribution in [1.82, 2.24) is 0 Å². The average molecular weight is 281 g/mol. The van der Waals surface area contributed by atoms with Crippen molar-refractivity contribution in [3.8, 4) is 0 Å². The summed E-state index contributed by atoms with van der Waals surface area (Å²) in [4.78, 5) is 0.615. The summed E-state index contributed by atoms with van der Waals surface area (Å²) in [5, 5.41) is 0. The molecule has 0 aliphatic rings. The van der Waals surface area contributed by atoms with Crippen LogP contribution in [-0.4, -0.2) is 4.21 Å². The summed E-state index contributed by atoms with van der Waals surface area (Å²) in [6.45, 7) is 1.83. The van der Waals surface area contributed by atoms with E-state index in [0.717, 1.165) is 17.7 Å². The monoisotopic (exact) mass is 281 g/mol. The van der Waals surface area contributed by atoms with Crippen molar-refractivity contribution in [2.24, 2.45) is 0 Å². The molecule has 2 N–H and O–H groups in total. The smallest absolute Gasteiger partial charge is 0.159 e. The Hall–Kier alpha value is -1.75. The maximum atomic E-state index is 13.1. The quantitative estimate of drug-likeness (QED) is 0.878. The van der Waals surface area contributed by atoms with E-state index >= 15 is 0 Å². The van der Waals surface area contributed by atoms with Crippen LogP contribution in [0.25, 0.3) is 0 Å². The molecule has 0 radical (unpaired) electrons. The summed E-state index contributed by atoms with van der Waals surface area (Å²) in [7, 11) is -1.34. The first-order valence-electron chi connectivity index (χ1n) is 5.66. The Morgan fingerprint density at radius 2 is 1.84 bits per heavy atom. The van der Waals surface area contributed by atoms with Gasteiger partial charge in [-0.2, -0.15) is 0 Å². The van der Waals surface area contributed by atoms with Crippen LogP contribution in [0.3, 0.4) is 0 Å². The van der Waals surface area contributed by atoms with Gasteiger partial charge in [0.25, 0.3) is 0 Å². The van der Waals surface area contributed by atoms with Crippen LogP contribution in [0.15, 0.2) is 41.3 Å². The number of aryl methyl sites for hydroxylation is 1. The van der Waals surface area contributed by atoms with Crippen molar-refractivity contribution in [3.05, 3.63) is 59.2 Å². The maximum absolute atomic E-state index is 13.1. The topological polar surface area (TPSA) is 43.1 Å². The van der Waals surface area contributed by atoms with E-state index in [1.54, 1.807) is 18.2 Å². The van der Waals surface area contributed by atoms with E-state index in [-0.39, 0.29) is 5.75 Å². The van der Waals surface area contributed by atoms with Crippen LogP contribution in [0.1, 0.15) is 11.1 Å². The third kappa shape index (κ3) is 3.17. The summed E-state index contributed by atoms with van der Waals surface area (Å²) in [5.74, 6) is -1.71. The van der Waals surface area contributed by atoms with Gasteiger partial charge in [-0.1, -0.05) is 12.1 Å². The zero-order valence-electron chi connectivity index (χ0n) is 10.3. The van der Waals surface area contributed by atoms with Gasteiger partial charge in [-0.15, -0.1) is 0 Å². The van der Waals surface area contributed by atoms with E-state index in [0.29, 0.717) is 16.1 Å². The van der Waals surface area contributed by atoms with Crippen molar-refractivity contribution < 1.29 is 13.0 Å². The molecule has 19 heavy (non-hydrogen) atoms. The SMILES string of the molecule is Cc1ccc(N)cc1S(=O)Cc1ccc(F)c(F)c1. The molecule has 0 aliphatic heterocycles. The van der Waals surface area contributed by atoms with Gasteiger partial charge < -0.3 is 5.73 Å². The Morgan fingerprint density at radius 1 is 1.11 bits per heavy atom. The van der Waals surface area contributed by atoms with E-state index in [9.17, 15) is 13.0 Å². The fraction of sp³-hybridized carbons (Fsp3) is 0.143. The molecule has 0 aromatic heterocycles. The van der Waals surface area contributed by atoms with Crippen LogP contribution in [0, 0.1) is 18.6 Å². The largest absolute Gasteiger partial charge is 0.399 e. The van der Waals surface area contributed by atoms with Crippen LogP contribution in [0.2, 0.25) is 0 Å². The van der Waals surface area contributed by atoms with Crippen LogP contribution in [-0.2, 0) is 16.6 Å². The lowest BCUT2D eigenvalue weighted by Gasteiger charge is -2.07. The summed E-state index contributed by atoms with van der Waals surface area (Å²) < 4.78 is 38.1. The molecule has 0 saturated heterocycles. The lowest BCUT2D eigenvalue weighted by atomic mass is 10.2. The summed E-state index contributed by atoms with van der Waals surface area (Å²) in [6.07, 6.45) is 0. The zero-order valence-corrected chi connectivity index (χ0v) is 11.1. The zero-order chi connectivity index (χ0) is 14.0. The minimum absolute atomic E-state index is 0.126. The van der Waals surface area contributed by atoms with Crippen LogP contribution in [0.5, 0.6) is 0 Å². The van der Waals surface area contributed by atoms with Gasteiger partial charge in [0.05, 0.1) is 16.6 Å². The molecule has 2 aromatic carbocycles. The van der Waals surface area contributed by atoms with E-state index < -0.39 is 22.4 Å². The Morgan fingerprint density at radius 3 is 2.53 bits per heavy atom. The van der Waals surface area contributed by atoms with Gasteiger partial charge in [0, 0.05) is 10.6 Å². The second-order valence-electron chi connectivity index (χ2n) is 4.26. The molecule has 0 spiro atoms. The average Bonchev–Trinajstić information content (AvgIpc) is 2.36. The molecule has 100 valence electrons. The minimum Gasteiger partial charge on any atom is -0.399 e. The van der Waals surface area contributed by atoms with Crippen molar-refractivity contribution >= 4 is 16.5 Å². The second-order valence-corrected chi connectivity index (χ2v) is 5.68. The first-order valence-corrected chi connectivity index (χ1v) is 6.97. The first-order chi connectivity index (χ1) is 8.97. The number of benzene rings is 2. The molecule has 0 amide bonds. The fourth-order valence-corrected chi connectivity index (χ4v) is 3.05. The van der Waals surface area contributed by atoms with Crippen LogP contribution in [0.4, 0.5) is 14.5 Å². The second kappa shape index (κ2) is 5.48. The molecule has 0 aliphatic carbocycles. The van der Waals surface area contributed by atoms with Crippen molar-refractivity contribution in [3.63, 3.8) is 0 Å². The fourth-order valence-electron chi connectivity index (χ4n) is 1.72. The molecule has 1 unspecified atom stereocenters. The van der Waals surface area contributed by atoms with Gasteiger partial charge in [-0.25, -0.2) is 8.78 Å². The number of nitrogens with two attached hydrogens (primary N) is 1. The Bertz CT molecular complexity index is 643. The van der Waals surface area contributed by atoms with Crippen molar-refractivity contribution in [1.29, 1.82) is 0 Å². The van der Waals surface area contributed by atoms with Gasteiger partial charge >= 0.3 is 0 Å². The maximum Gasteiger partial charge on any atom is 0.159 e. The van der Waals surface area contributed by atoms with Crippen LogP contribution < -0.4 is 5.73 Å². The third-order valence-electron chi connectivity index (χ3n) is 2.74. The Balaban J connectivity index is 2.25. The van der Waals surface area contributed by atoms with Gasteiger partial charge in [-0.05, 0) is 42.3 Å². The molecule has 0 saturated carbocycles. The van der Waals surface area contributed by atoms with E-state index in [1.807, 2.05) is 6.92 Å².